The Morgan fingerprint density at radius 1 is 1.09 bits per heavy atom. The van der Waals surface area contributed by atoms with Crippen molar-refractivity contribution in [3.05, 3.63) is 57.9 Å². The summed E-state index contributed by atoms with van der Waals surface area (Å²) in [5.41, 5.74) is 5.68. The number of halogens is 2. The molecule has 9 nitrogen and oxygen atoms in total. The van der Waals surface area contributed by atoms with Gasteiger partial charge in [-0.05, 0) is 24.3 Å². The lowest BCUT2D eigenvalue weighted by Gasteiger charge is -2.39. The van der Waals surface area contributed by atoms with Crippen molar-refractivity contribution < 1.29 is 23.4 Å². The van der Waals surface area contributed by atoms with Crippen molar-refractivity contribution in [1.82, 2.24) is 4.68 Å². The largest absolute Gasteiger partial charge is 0.477 e. The van der Waals surface area contributed by atoms with E-state index >= 15 is 4.39 Å². The van der Waals surface area contributed by atoms with Gasteiger partial charge in [0.25, 0.3) is 0 Å². The lowest BCUT2D eigenvalue weighted by atomic mass is 10.1. The normalized spacial score (nSPS) is 15.7. The monoisotopic (exact) mass is 457 g/mol. The second-order valence-corrected chi connectivity index (χ2v) is 8.07. The lowest BCUT2D eigenvalue weighted by molar-refractivity contribution is 0.0694. The SMILES string of the molecule is CN1COc2c(N3CCN(c4ccc(N)cc4F)CC3)c(F)cc3c(=O)c(C(=O)O)cn1c23. The molecule has 33 heavy (non-hydrogen) atoms. The van der Waals surface area contributed by atoms with Gasteiger partial charge >= 0.3 is 5.97 Å². The van der Waals surface area contributed by atoms with E-state index in [2.05, 4.69) is 0 Å². The molecule has 3 heterocycles. The van der Waals surface area contributed by atoms with E-state index in [-0.39, 0.29) is 23.6 Å². The number of hydrogen-bond acceptors (Lipinski definition) is 7. The van der Waals surface area contributed by atoms with Crippen LogP contribution in [0.15, 0.2) is 35.3 Å². The maximum Gasteiger partial charge on any atom is 0.341 e. The Morgan fingerprint density at radius 3 is 2.45 bits per heavy atom. The number of aromatic nitrogens is 1. The Labute approximate surface area is 186 Å². The van der Waals surface area contributed by atoms with Gasteiger partial charge in [-0.3, -0.25) is 14.5 Å². The van der Waals surface area contributed by atoms with E-state index in [1.807, 2.05) is 4.90 Å². The first-order chi connectivity index (χ1) is 15.8. The van der Waals surface area contributed by atoms with E-state index in [1.54, 1.807) is 29.1 Å². The number of nitrogen functional groups attached to an aromatic ring is 1. The third-order valence-corrected chi connectivity index (χ3v) is 6.05. The Bertz CT molecular complexity index is 1350. The fraction of sp³-hybridized carbons (Fsp3) is 0.273. The number of hydrogen-bond donors (Lipinski definition) is 2. The molecule has 0 saturated carbocycles. The second kappa shape index (κ2) is 7.54. The zero-order chi connectivity index (χ0) is 23.4. The van der Waals surface area contributed by atoms with Gasteiger partial charge in [-0.25, -0.2) is 13.6 Å². The predicted molar refractivity (Wildman–Crippen MR) is 120 cm³/mol. The van der Waals surface area contributed by atoms with Gasteiger partial charge in [-0.1, -0.05) is 0 Å². The molecule has 0 atom stereocenters. The average Bonchev–Trinajstić information content (AvgIpc) is 2.77. The predicted octanol–water partition coefficient (Wildman–Crippen LogP) is 1.80. The van der Waals surface area contributed by atoms with Crippen LogP contribution in [-0.2, 0) is 0 Å². The molecule has 172 valence electrons. The average molecular weight is 457 g/mol. The number of pyridine rings is 1. The highest BCUT2D eigenvalue weighted by Crippen LogP contribution is 2.40. The summed E-state index contributed by atoms with van der Waals surface area (Å²) in [5.74, 6) is -2.30. The van der Waals surface area contributed by atoms with E-state index in [0.717, 1.165) is 6.07 Å². The molecule has 2 aliphatic heterocycles. The van der Waals surface area contributed by atoms with Crippen molar-refractivity contribution in [2.24, 2.45) is 0 Å². The minimum atomic E-state index is -1.39. The molecule has 0 unspecified atom stereocenters. The number of carboxylic acids is 1. The number of nitrogens with zero attached hydrogens (tertiary/aromatic N) is 4. The van der Waals surface area contributed by atoms with E-state index in [4.69, 9.17) is 10.5 Å². The third kappa shape index (κ3) is 3.27. The van der Waals surface area contributed by atoms with Crippen LogP contribution in [0.1, 0.15) is 10.4 Å². The summed E-state index contributed by atoms with van der Waals surface area (Å²) in [4.78, 5) is 27.9. The van der Waals surface area contributed by atoms with Crippen molar-refractivity contribution in [3.8, 4) is 5.75 Å². The molecule has 0 bridgehead atoms. The van der Waals surface area contributed by atoms with Crippen LogP contribution in [0, 0.1) is 11.6 Å². The van der Waals surface area contributed by atoms with Crippen molar-refractivity contribution in [2.45, 2.75) is 0 Å². The summed E-state index contributed by atoms with van der Waals surface area (Å²) in [7, 11) is 1.67. The molecule has 3 aromatic rings. The van der Waals surface area contributed by atoms with E-state index in [0.29, 0.717) is 43.1 Å². The highest BCUT2D eigenvalue weighted by atomic mass is 19.1. The zero-order valence-electron chi connectivity index (χ0n) is 17.7. The van der Waals surface area contributed by atoms with Crippen LogP contribution in [0.3, 0.4) is 0 Å². The summed E-state index contributed by atoms with van der Waals surface area (Å²) >= 11 is 0. The smallest absolute Gasteiger partial charge is 0.341 e. The van der Waals surface area contributed by atoms with Crippen LogP contribution in [0.25, 0.3) is 10.9 Å². The molecule has 1 aromatic heterocycles. The van der Waals surface area contributed by atoms with E-state index in [9.17, 15) is 19.1 Å². The van der Waals surface area contributed by atoms with Gasteiger partial charge in [-0.2, -0.15) is 0 Å². The molecule has 11 heteroatoms. The van der Waals surface area contributed by atoms with Gasteiger partial charge in [0.1, 0.15) is 22.6 Å². The van der Waals surface area contributed by atoms with Crippen LogP contribution in [0.5, 0.6) is 5.75 Å². The quantitative estimate of drug-likeness (QED) is 0.574. The fourth-order valence-corrected chi connectivity index (χ4v) is 4.42. The summed E-state index contributed by atoms with van der Waals surface area (Å²) in [5, 5.41) is 10.9. The second-order valence-electron chi connectivity index (χ2n) is 8.07. The van der Waals surface area contributed by atoms with Crippen molar-refractivity contribution in [2.75, 3.05) is 60.5 Å². The molecular weight excluding hydrogens is 436 g/mol. The van der Waals surface area contributed by atoms with Crippen LogP contribution in [0.2, 0.25) is 0 Å². The van der Waals surface area contributed by atoms with Crippen LogP contribution in [0.4, 0.5) is 25.8 Å². The minimum Gasteiger partial charge on any atom is -0.477 e. The van der Waals surface area contributed by atoms with E-state index < -0.39 is 28.6 Å². The van der Waals surface area contributed by atoms with E-state index in [1.165, 1.54) is 16.9 Å². The third-order valence-electron chi connectivity index (χ3n) is 6.05. The zero-order valence-corrected chi connectivity index (χ0v) is 17.7. The number of anilines is 3. The van der Waals surface area contributed by atoms with Crippen LogP contribution < -0.4 is 30.7 Å². The summed E-state index contributed by atoms with van der Waals surface area (Å²) in [6.07, 6.45) is 1.22. The van der Waals surface area contributed by atoms with Crippen molar-refractivity contribution in [3.63, 3.8) is 0 Å². The molecule has 3 N–H and O–H groups in total. The standard InChI is InChI=1S/C22H21F2N5O4/c1-26-11-33-21-18-13(20(30)14(22(31)32)10-29(18)26)9-16(24)19(21)28-6-4-27(5-7-28)17-3-2-12(25)8-15(17)23/h2-3,8-10H,4-7,11,25H2,1H3,(H,31,32). The maximum absolute atomic E-state index is 15.3. The van der Waals surface area contributed by atoms with Gasteiger partial charge < -0.3 is 25.4 Å². The number of ether oxygens (including phenoxy) is 1. The Morgan fingerprint density at radius 2 is 1.79 bits per heavy atom. The summed E-state index contributed by atoms with van der Waals surface area (Å²) in [6.45, 7) is 1.67. The van der Waals surface area contributed by atoms with Crippen molar-refractivity contribution in [1.29, 1.82) is 0 Å². The van der Waals surface area contributed by atoms with Crippen LogP contribution in [-0.4, -0.2) is 55.7 Å². The number of carbonyl (C=O) groups is 1. The van der Waals surface area contributed by atoms with Crippen molar-refractivity contribution >= 4 is 33.9 Å². The fourth-order valence-electron chi connectivity index (χ4n) is 4.42. The number of aromatic carboxylic acids is 1. The first-order valence-electron chi connectivity index (χ1n) is 10.3. The number of rotatable bonds is 3. The molecular formula is C22H21F2N5O4. The first-order valence-corrected chi connectivity index (χ1v) is 10.3. The number of piperazine rings is 1. The number of carboxylic acid groups (broad SMARTS) is 1. The van der Waals surface area contributed by atoms with Gasteiger partial charge in [0.05, 0.1) is 11.1 Å². The van der Waals surface area contributed by atoms with Gasteiger partial charge in [0.2, 0.25) is 5.43 Å². The van der Waals surface area contributed by atoms with Gasteiger partial charge in [-0.15, -0.1) is 0 Å². The maximum atomic E-state index is 15.3. The Kier molecular flexibility index (Phi) is 4.76. The molecule has 0 radical (unpaired) electrons. The molecule has 5 rings (SSSR count). The van der Waals surface area contributed by atoms with Gasteiger partial charge in [0, 0.05) is 45.1 Å². The molecule has 0 amide bonds. The molecule has 2 aromatic carbocycles. The summed E-state index contributed by atoms with van der Waals surface area (Å²) < 4.78 is 37.0. The molecule has 1 fully saturated rings. The Hall–Kier alpha value is -4.02. The molecule has 0 spiro atoms. The topological polar surface area (TPSA) is 104 Å². The highest BCUT2D eigenvalue weighted by Gasteiger charge is 2.31. The van der Waals surface area contributed by atoms with Crippen LogP contribution >= 0.6 is 0 Å². The molecule has 2 aliphatic rings. The lowest BCUT2D eigenvalue weighted by Crippen LogP contribution is -2.47. The summed E-state index contributed by atoms with van der Waals surface area (Å²) in [6, 6.07) is 5.59. The Balaban J connectivity index is 1.55. The minimum absolute atomic E-state index is 0.0388. The molecule has 0 aliphatic carbocycles. The number of benzene rings is 2. The number of nitrogens with two attached hydrogens (primary N) is 1. The first kappa shape index (κ1) is 20.9. The molecule has 1 saturated heterocycles. The van der Waals surface area contributed by atoms with Gasteiger partial charge in [0.15, 0.2) is 18.3 Å². The highest BCUT2D eigenvalue weighted by molar-refractivity contribution is 5.97.